The van der Waals surface area contributed by atoms with Crippen LogP contribution in [-0.4, -0.2) is 16.1 Å². The van der Waals surface area contributed by atoms with Gasteiger partial charge in [0.25, 0.3) is 0 Å². The lowest BCUT2D eigenvalue weighted by Gasteiger charge is -2.33. The Bertz CT molecular complexity index is 550. The number of aliphatic hydroxyl groups excluding tert-OH is 1. The molecule has 2 heterocycles. The zero-order valence-electron chi connectivity index (χ0n) is 10.3. The minimum absolute atomic E-state index is 0.0899. The van der Waals surface area contributed by atoms with Gasteiger partial charge in [0.1, 0.15) is 12.0 Å². The quantitative estimate of drug-likeness (QED) is 0.882. The van der Waals surface area contributed by atoms with Crippen molar-refractivity contribution in [2.45, 2.75) is 32.4 Å². The standard InChI is InChI=1S/C14H16N2O2/c1-10-6-7-11-4-2-3-5-13(11)16(10)14-15-12(8-17)9-18-14/h2-5,9-10,17H,6-8H2,1H3. The van der Waals surface area contributed by atoms with E-state index in [1.54, 1.807) is 0 Å². The number of nitrogens with zero attached hydrogens (tertiary/aromatic N) is 2. The summed E-state index contributed by atoms with van der Waals surface area (Å²) in [5.74, 6) is 0. The van der Waals surface area contributed by atoms with Crippen LogP contribution in [0.4, 0.5) is 11.7 Å². The Morgan fingerprint density at radius 1 is 1.44 bits per heavy atom. The molecule has 1 aromatic heterocycles. The average Bonchev–Trinajstić information content (AvgIpc) is 2.87. The van der Waals surface area contributed by atoms with Crippen LogP contribution >= 0.6 is 0 Å². The van der Waals surface area contributed by atoms with E-state index >= 15 is 0 Å². The van der Waals surface area contributed by atoms with Gasteiger partial charge in [-0.05, 0) is 31.4 Å². The molecular weight excluding hydrogens is 228 g/mol. The number of anilines is 2. The van der Waals surface area contributed by atoms with Crippen LogP contribution in [0.1, 0.15) is 24.6 Å². The van der Waals surface area contributed by atoms with Gasteiger partial charge in [-0.3, -0.25) is 4.90 Å². The molecule has 18 heavy (non-hydrogen) atoms. The molecule has 1 aliphatic rings. The third-order valence-corrected chi connectivity index (χ3v) is 3.43. The number of aryl methyl sites for hydroxylation is 1. The summed E-state index contributed by atoms with van der Waals surface area (Å²) >= 11 is 0. The Labute approximate surface area is 106 Å². The normalized spacial score (nSPS) is 18.8. The third kappa shape index (κ3) is 1.78. The Morgan fingerprint density at radius 3 is 3.06 bits per heavy atom. The van der Waals surface area contributed by atoms with Crippen molar-refractivity contribution >= 4 is 11.7 Å². The highest BCUT2D eigenvalue weighted by Gasteiger charge is 2.27. The van der Waals surface area contributed by atoms with Crippen molar-refractivity contribution in [3.8, 4) is 0 Å². The molecule has 3 rings (SSSR count). The number of benzene rings is 1. The first-order valence-electron chi connectivity index (χ1n) is 6.22. The zero-order valence-corrected chi connectivity index (χ0v) is 10.3. The largest absolute Gasteiger partial charge is 0.431 e. The van der Waals surface area contributed by atoms with Gasteiger partial charge in [0.15, 0.2) is 0 Å². The minimum atomic E-state index is -0.0899. The van der Waals surface area contributed by atoms with Gasteiger partial charge in [0.05, 0.1) is 6.61 Å². The Morgan fingerprint density at radius 2 is 2.28 bits per heavy atom. The molecule has 0 radical (unpaired) electrons. The van der Waals surface area contributed by atoms with Crippen LogP contribution < -0.4 is 4.90 Å². The van der Waals surface area contributed by atoms with Crippen LogP contribution in [0.5, 0.6) is 0 Å². The number of hydrogen-bond donors (Lipinski definition) is 1. The van der Waals surface area contributed by atoms with Crippen molar-refractivity contribution in [2.75, 3.05) is 4.90 Å². The third-order valence-electron chi connectivity index (χ3n) is 3.43. The van der Waals surface area contributed by atoms with E-state index in [2.05, 4.69) is 35.0 Å². The molecule has 1 atom stereocenters. The van der Waals surface area contributed by atoms with Gasteiger partial charge in [0.2, 0.25) is 0 Å². The molecule has 2 aromatic rings. The van der Waals surface area contributed by atoms with Crippen LogP contribution in [0.2, 0.25) is 0 Å². The Balaban J connectivity index is 2.04. The summed E-state index contributed by atoms with van der Waals surface area (Å²) in [5, 5.41) is 9.07. The van der Waals surface area contributed by atoms with E-state index in [1.807, 2.05) is 6.07 Å². The average molecular weight is 244 g/mol. The number of rotatable bonds is 2. The summed E-state index contributed by atoms with van der Waals surface area (Å²) in [6, 6.07) is 9.24. The second-order valence-corrected chi connectivity index (χ2v) is 4.67. The molecule has 1 N–H and O–H groups in total. The van der Waals surface area contributed by atoms with Gasteiger partial charge in [0, 0.05) is 11.7 Å². The van der Waals surface area contributed by atoms with Gasteiger partial charge in [-0.1, -0.05) is 18.2 Å². The van der Waals surface area contributed by atoms with Crippen LogP contribution in [0.3, 0.4) is 0 Å². The lowest BCUT2D eigenvalue weighted by atomic mass is 9.97. The highest BCUT2D eigenvalue weighted by atomic mass is 16.4. The molecule has 0 aliphatic carbocycles. The number of hydrogen-bond acceptors (Lipinski definition) is 4. The van der Waals surface area contributed by atoms with Crippen molar-refractivity contribution < 1.29 is 9.52 Å². The summed E-state index contributed by atoms with van der Waals surface area (Å²) in [6.07, 6.45) is 3.68. The summed E-state index contributed by atoms with van der Waals surface area (Å²) in [6.45, 7) is 2.08. The SMILES string of the molecule is CC1CCc2ccccc2N1c1nc(CO)co1. The summed E-state index contributed by atoms with van der Waals surface area (Å²) < 4.78 is 5.48. The molecule has 94 valence electrons. The van der Waals surface area contributed by atoms with Crippen LogP contribution in [0.15, 0.2) is 34.9 Å². The van der Waals surface area contributed by atoms with Crippen molar-refractivity contribution in [3.63, 3.8) is 0 Å². The maximum atomic E-state index is 9.07. The second kappa shape index (κ2) is 4.46. The van der Waals surface area contributed by atoms with Gasteiger partial charge >= 0.3 is 6.01 Å². The summed E-state index contributed by atoms with van der Waals surface area (Å²) in [4.78, 5) is 6.42. The molecule has 4 heteroatoms. The zero-order chi connectivity index (χ0) is 12.5. The molecule has 0 fully saturated rings. The van der Waals surface area contributed by atoms with Crippen LogP contribution in [0.25, 0.3) is 0 Å². The van der Waals surface area contributed by atoms with E-state index in [1.165, 1.54) is 11.8 Å². The molecule has 0 bridgehead atoms. The molecule has 0 saturated carbocycles. The maximum Gasteiger partial charge on any atom is 0.302 e. The van der Waals surface area contributed by atoms with E-state index < -0.39 is 0 Å². The van der Waals surface area contributed by atoms with E-state index in [0.717, 1.165) is 18.5 Å². The van der Waals surface area contributed by atoms with Crippen LogP contribution in [0, 0.1) is 0 Å². The number of aromatic nitrogens is 1. The first kappa shape index (κ1) is 11.3. The second-order valence-electron chi connectivity index (χ2n) is 4.67. The molecular formula is C14H16N2O2. The number of oxazole rings is 1. The molecule has 1 aliphatic heterocycles. The lowest BCUT2D eigenvalue weighted by molar-refractivity contribution is 0.276. The number of para-hydroxylation sites is 1. The van der Waals surface area contributed by atoms with Crippen molar-refractivity contribution in [1.82, 2.24) is 4.98 Å². The molecule has 1 unspecified atom stereocenters. The first-order valence-corrected chi connectivity index (χ1v) is 6.22. The monoisotopic (exact) mass is 244 g/mol. The van der Waals surface area contributed by atoms with Crippen molar-refractivity contribution in [1.29, 1.82) is 0 Å². The molecule has 4 nitrogen and oxygen atoms in total. The van der Waals surface area contributed by atoms with E-state index in [-0.39, 0.29) is 6.61 Å². The summed E-state index contributed by atoms with van der Waals surface area (Å²) in [7, 11) is 0. The molecule has 0 amide bonds. The fourth-order valence-electron chi connectivity index (χ4n) is 2.46. The van der Waals surface area contributed by atoms with Gasteiger partial charge in [-0.2, -0.15) is 4.98 Å². The highest BCUT2D eigenvalue weighted by molar-refractivity contribution is 5.63. The van der Waals surface area contributed by atoms with E-state index in [0.29, 0.717) is 17.8 Å². The fraction of sp³-hybridized carbons (Fsp3) is 0.357. The van der Waals surface area contributed by atoms with Crippen molar-refractivity contribution in [3.05, 3.63) is 41.8 Å². The molecule has 0 saturated heterocycles. The van der Waals surface area contributed by atoms with Gasteiger partial charge in [-0.15, -0.1) is 0 Å². The van der Waals surface area contributed by atoms with Crippen LogP contribution in [-0.2, 0) is 13.0 Å². The minimum Gasteiger partial charge on any atom is -0.431 e. The Kier molecular flexibility index (Phi) is 2.80. The lowest BCUT2D eigenvalue weighted by Crippen LogP contribution is -2.33. The first-order chi connectivity index (χ1) is 8.79. The smallest absolute Gasteiger partial charge is 0.302 e. The highest BCUT2D eigenvalue weighted by Crippen LogP contribution is 2.35. The molecule has 1 aromatic carbocycles. The van der Waals surface area contributed by atoms with Gasteiger partial charge < -0.3 is 9.52 Å². The van der Waals surface area contributed by atoms with E-state index in [4.69, 9.17) is 9.52 Å². The predicted octanol–water partition coefficient (Wildman–Crippen LogP) is 2.64. The summed E-state index contributed by atoms with van der Waals surface area (Å²) in [5.41, 5.74) is 3.04. The van der Waals surface area contributed by atoms with Gasteiger partial charge in [-0.25, -0.2) is 0 Å². The Hall–Kier alpha value is -1.81. The predicted molar refractivity (Wildman–Crippen MR) is 68.8 cm³/mol. The number of aliphatic hydroxyl groups is 1. The van der Waals surface area contributed by atoms with E-state index in [9.17, 15) is 0 Å². The van der Waals surface area contributed by atoms with Crippen molar-refractivity contribution in [2.24, 2.45) is 0 Å². The maximum absolute atomic E-state index is 9.07. The topological polar surface area (TPSA) is 49.5 Å². The molecule has 0 spiro atoms. The number of fused-ring (bicyclic) bond motifs is 1. The fourth-order valence-corrected chi connectivity index (χ4v) is 2.46.